The van der Waals surface area contributed by atoms with Gasteiger partial charge in [0.05, 0.1) is 6.04 Å². The highest BCUT2D eigenvalue weighted by Gasteiger charge is 2.34. The Morgan fingerprint density at radius 1 is 1.21 bits per heavy atom. The molecule has 1 atom stereocenters. The number of anilines is 1. The summed E-state index contributed by atoms with van der Waals surface area (Å²) < 4.78 is 6.12. The summed E-state index contributed by atoms with van der Waals surface area (Å²) in [4.78, 5) is 26.8. The highest BCUT2D eigenvalue weighted by Crippen LogP contribution is 2.40. The normalized spacial score (nSPS) is 20.5. The maximum Gasteiger partial charge on any atom is 0.251 e. The second kappa shape index (κ2) is 6.97. The third-order valence-corrected chi connectivity index (χ3v) is 5.43. The van der Waals surface area contributed by atoms with Gasteiger partial charge in [-0.1, -0.05) is 18.2 Å². The van der Waals surface area contributed by atoms with E-state index in [1.807, 2.05) is 51.1 Å². The fourth-order valence-electron chi connectivity index (χ4n) is 4.07. The SMILES string of the molecule is Cc1ccc2c(c1)OC(C)(C)C[C@@H]2NC(=O)c1cccc(N2CCCC2=O)c1. The molecule has 0 unspecified atom stereocenters. The zero-order chi connectivity index (χ0) is 19.9. The van der Waals surface area contributed by atoms with Crippen molar-refractivity contribution in [2.45, 2.75) is 51.7 Å². The number of hydrogen-bond donors (Lipinski definition) is 1. The first-order chi connectivity index (χ1) is 13.3. The molecule has 1 fully saturated rings. The van der Waals surface area contributed by atoms with Crippen LogP contribution in [0.3, 0.4) is 0 Å². The number of fused-ring (bicyclic) bond motifs is 1. The second-order valence-corrected chi connectivity index (χ2v) is 8.33. The van der Waals surface area contributed by atoms with Crippen molar-refractivity contribution in [2.24, 2.45) is 0 Å². The van der Waals surface area contributed by atoms with Crippen molar-refractivity contribution in [3.05, 3.63) is 59.2 Å². The average Bonchev–Trinajstić information content (AvgIpc) is 3.06. The Labute approximate surface area is 165 Å². The number of nitrogens with one attached hydrogen (secondary N) is 1. The fourth-order valence-corrected chi connectivity index (χ4v) is 4.07. The van der Waals surface area contributed by atoms with Crippen molar-refractivity contribution in [1.82, 2.24) is 5.32 Å². The van der Waals surface area contributed by atoms with Crippen molar-refractivity contribution in [3.8, 4) is 5.75 Å². The zero-order valence-corrected chi connectivity index (χ0v) is 16.6. The van der Waals surface area contributed by atoms with Crippen LogP contribution < -0.4 is 15.0 Å². The molecule has 146 valence electrons. The van der Waals surface area contributed by atoms with Crippen LogP contribution in [0.15, 0.2) is 42.5 Å². The number of ether oxygens (including phenoxy) is 1. The summed E-state index contributed by atoms with van der Waals surface area (Å²) in [5, 5.41) is 3.17. The van der Waals surface area contributed by atoms with Crippen LogP contribution in [0, 0.1) is 6.92 Å². The predicted molar refractivity (Wildman–Crippen MR) is 109 cm³/mol. The minimum atomic E-state index is -0.359. The van der Waals surface area contributed by atoms with Crippen molar-refractivity contribution in [3.63, 3.8) is 0 Å². The van der Waals surface area contributed by atoms with Gasteiger partial charge < -0.3 is 15.0 Å². The largest absolute Gasteiger partial charge is 0.487 e. The molecule has 2 heterocycles. The average molecular weight is 378 g/mol. The molecule has 5 heteroatoms. The molecule has 0 spiro atoms. The van der Waals surface area contributed by atoms with Crippen LogP contribution in [-0.2, 0) is 4.79 Å². The molecule has 2 amide bonds. The number of carbonyl (C=O) groups is 2. The van der Waals surface area contributed by atoms with Gasteiger partial charge in [-0.05, 0) is 57.0 Å². The monoisotopic (exact) mass is 378 g/mol. The summed E-state index contributed by atoms with van der Waals surface area (Å²) in [5.74, 6) is 0.814. The van der Waals surface area contributed by atoms with Gasteiger partial charge in [0.2, 0.25) is 5.91 Å². The van der Waals surface area contributed by atoms with Crippen LogP contribution in [0.4, 0.5) is 5.69 Å². The lowest BCUT2D eigenvalue weighted by Gasteiger charge is -2.38. The first kappa shape index (κ1) is 18.5. The molecular weight excluding hydrogens is 352 g/mol. The highest BCUT2D eigenvalue weighted by molar-refractivity contribution is 5.99. The predicted octanol–water partition coefficient (Wildman–Crippen LogP) is 4.15. The molecule has 0 bridgehead atoms. The van der Waals surface area contributed by atoms with Gasteiger partial charge in [0.25, 0.3) is 5.91 Å². The van der Waals surface area contributed by atoms with Gasteiger partial charge in [-0.25, -0.2) is 0 Å². The van der Waals surface area contributed by atoms with Crippen molar-refractivity contribution in [2.75, 3.05) is 11.4 Å². The summed E-state index contributed by atoms with van der Waals surface area (Å²) in [5.41, 5.74) is 3.13. The van der Waals surface area contributed by atoms with Crippen molar-refractivity contribution >= 4 is 17.5 Å². The standard InChI is InChI=1S/C23H26N2O3/c1-15-9-10-18-19(14-23(2,3)28-20(18)12-15)24-22(27)16-6-4-7-17(13-16)25-11-5-8-21(25)26/h4,6-7,9-10,12-13,19H,5,8,11,14H2,1-3H3,(H,24,27)/t19-/m0/s1. The summed E-state index contributed by atoms with van der Waals surface area (Å²) in [6, 6.07) is 13.3. The lowest BCUT2D eigenvalue weighted by Crippen LogP contribution is -2.41. The number of hydrogen-bond acceptors (Lipinski definition) is 3. The van der Waals surface area contributed by atoms with E-state index in [0.717, 1.165) is 29.0 Å². The van der Waals surface area contributed by atoms with E-state index in [4.69, 9.17) is 4.74 Å². The fraction of sp³-hybridized carbons (Fsp3) is 0.391. The van der Waals surface area contributed by atoms with Gasteiger partial charge >= 0.3 is 0 Å². The number of nitrogens with zero attached hydrogens (tertiary/aromatic N) is 1. The Morgan fingerprint density at radius 3 is 2.79 bits per heavy atom. The summed E-state index contributed by atoms with van der Waals surface area (Å²) in [6.07, 6.45) is 2.13. The van der Waals surface area contributed by atoms with Crippen molar-refractivity contribution < 1.29 is 14.3 Å². The number of benzene rings is 2. The van der Waals surface area contributed by atoms with E-state index >= 15 is 0 Å². The molecule has 0 aromatic heterocycles. The van der Waals surface area contributed by atoms with Gasteiger partial charge in [0.15, 0.2) is 0 Å². The Morgan fingerprint density at radius 2 is 2.04 bits per heavy atom. The zero-order valence-electron chi connectivity index (χ0n) is 16.6. The van der Waals surface area contributed by atoms with Crippen LogP contribution in [0.1, 0.15) is 60.6 Å². The quantitative estimate of drug-likeness (QED) is 0.873. The lowest BCUT2D eigenvalue weighted by molar-refractivity contribution is -0.117. The maximum atomic E-state index is 13.0. The molecule has 1 N–H and O–H groups in total. The molecule has 2 aromatic carbocycles. The van der Waals surface area contributed by atoms with Crippen LogP contribution >= 0.6 is 0 Å². The van der Waals surface area contributed by atoms with Gasteiger partial charge in [-0.15, -0.1) is 0 Å². The minimum Gasteiger partial charge on any atom is -0.487 e. The highest BCUT2D eigenvalue weighted by atomic mass is 16.5. The number of carbonyl (C=O) groups excluding carboxylic acids is 2. The molecule has 4 rings (SSSR count). The molecule has 2 aromatic rings. The number of amides is 2. The molecule has 5 nitrogen and oxygen atoms in total. The molecule has 2 aliphatic rings. The van der Waals surface area contributed by atoms with E-state index < -0.39 is 0 Å². The molecule has 0 saturated carbocycles. The second-order valence-electron chi connectivity index (χ2n) is 8.33. The van der Waals surface area contributed by atoms with Crippen LogP contribution in [0.25, 0.3) is 0 Å². The number of rotatable bonds is 3. The maximum absolute atomic E-state index is 13.0. The van der Waals surface area contributed by atoms with E-state index in [0.29, 0.717) is 24.9 Å². The molecule has 1 saturated heterocycles. The minimum absolute atomic E-state index is 0.119. The van der Waals surface area contributed by atoms with E-state index in [2.05, 4.69) is 5.32 Å². The molecule has 0 aliphatic carbocycles. The van der Waals surface area contributed by atoms with Crippen LogP contribution in [-0.4, -0.2) is 24.0 Å². The topological polar surface area (TPSA) is 58.6 Å². The third kappa shape index (κ3) is 3.61. The van der Waals surface area contributed by atoms with Crippen LogP contribution in [0.5, 0.6) is 5.75 Å². The van der Waals surface area contributed by atoms with Gasteiger partial charge in [-0.3, -0.25) is 9.59 Å². The van der Waals surface area contributed by atoms with Gasteiger partial charge in [0.1, 0.15) is 11.4 Å². The summed E-state index contributed by atoms with van der Waals surface area (Å²) >= 11 is 0. The molecule has 28 heavy (non-hydrogen) atoms. The van der Waals surface area contributed by atoms with E-state index in [1.165, 1.54) is 0 Å². The van der Waals surface area contributed by atoms with Gasteiger partial charge in [-0.2, -0.15) is 0 Å². The Hall–Kier alpha value is -2.82. The first-order valence-electron chi connectivity index (χ1n) is 9.83. The summed E-state index contributed by atoms with van der Waals surface area (Å²) in [7, 11) is 0. The molecular formula is C23H26N2O3. The van der Waals surface area contributed by atoms with Crippen molar-refractivity contribution in [1.29, 1.82) is 0 Å². The molecule has 0 radical (unpaired) electrons. The lowest BCUT2D eigenvalue weighted by atomic mass is 9.89. The van der Waals surface area contributed by atoms with E-state index in [-0.39, 0.29) is 23.5 Å². The van der Waals surface area contributed by atoms with Gasteiger partial charge in [0, 0.05) is 36.2 Å². The Kier molecular flexibility index (Phi) is 4.61. The van der Waals surface area contributed by atoms with Crippen LogP contribution in [0.2, 0.25) is 0 Å². The summed E-state index contributed by atoms with van der Waals surface area (Å²) in [6.45, 7) is 6.82. The van der Waals surface area contributed by atoms with E-state index in [1.54, 1.807) is 17.0 Å². The third-order valence-electron chi connectivity index (χ3n) is 5.43. The van der Waals surface area contributed by atoms with E-state index in [9.17, 15) is 9.59 Å². The molecule has 2 aliphatic heterocycles. The smallest absolute Gasteiger partial charge is 0.251 e. The number of aryl methyl sites for hydroxylation is 1. The Bertz CT molecular complexity index is 935. The Balaban J connectivity index is 1.58. The first-order valence-corrected chi connectivity index (χ1v) is 9.83.